The molecular formula is C9H14BS. The maximum atomic E-state index is 4.26. The molecule has 0 saturated heterocycles. The van der Waals surface area contributed by atoms with Gasteiger partial charge in [0, 0.05) is 12.8 Å². The number of thiol groups is 1. The third-order valence-electron chi connectivity index (χ3n) is 2.31. The summed E-state index contributed by atoms with van der Waals surface area (Å²) in [5.74, 6) is 6.33. The molecule has 0 saturated carbocycles. The monoisotopic (exact) mass is 165 g/mol. The molecule has 1 unspecified atom stereocenters. The second-order valence-corrected chi connectivity index (χ2v) is 3.75. The van der Waals surface area contributed by atoms with E-state index in [1.807, 2.05) is 6.56 Å². The summed E-state index contributed by atoms with van der Waals surface area (Å²) in [5.41, 5.74) is 0. The van der Waals surface area contributed by atoms with Gasteiger partial charge in [-0.25, -0.2) is 12.5 Å². The molecule has 0 N–H and O–H groups in total. The van der Waals surface area contributed by atoms with Crippen molar-refractivity contribution in [3.8, 4) is 11.8 Å². The molecule has 11 heavy (non-hydrogen) atoms. The van der Waals surface area contributed by atoms with Crippen LogP contribution in [0.2, 0.25) is 5.31 Å². The Morgan fingerprint density at radius 2 is 2.00 bits per heavy atom. The van der Waals surface area contributed by atoms with E-state index >= 15 is 0 Å². The van der Waals surface area contributed by atoms with Crippen LogP contribution in [0, 0.1) is 11.8 Å². The van der Waals surface area contributed by atoms with Gasteiger partial charge in [0.25, 0.3) is 0 Å². The molecule has 2 heteroatoms. The van der Waals surface area contributed by atoms with Gasteiger partial charge in [0.1, 0.15) is 0 Å². The fourth-order valence-electron chi connectivity index (χ4n) is 1.36. The van der Waals surface area contributed by atoms with Crippen molar-refractivity contribution in [2.75, 3.05) is 0 Å². The molecule has 0 aromatic carbocycles. The first-order chi connectivity index (χ1) is 5.27. The van der Waals surface area contributed by atoms with E-state index in [0.29, 0.717) is 5.31 Å². The van der Waals surface area contributed by atoms with Crippen LogP contribution >= 0.6 is 12.5 Å². The highest BCUT2D eigenvalue weighted by molar-refractivity contribution is 8.07. The summed E-state index contributed by atoms with van der Waals surface area (Å²) in [6, 6.07) is 0. The lowest BCUT2D eigenvalue weighted by atomic mass is 9.63. The fourth-order valence-corrected chi connectivity index (χ4v) is 1.62. The molecule has 0 spiro atoms. The predicted molar refractivity (Wildman–Crippen MR) is 54.0 cm³/mol. The Bertz CT molecular complexity index is 180. The van der Waals surface area contributed by atoms with E-state index in [2.05, 4.69) is 31.2 Å². The standard InChI is InChI=1S/C9H14BS/c1-9(10-11)7-5-3-2-4-6-8-9/h11H,3,5-8H2,1H3. The van der Waals surface area contributed by atoms with Gasteiger partial charge in [-0.3, -0.25) is 0 Å². The molecule has 0 fully saturated rings. The van der Waals surface area contributed by atoms with E-state index in [1.165, 1.54) is 19.3 Å². The molecule has 1 atom stereocenters. The summed E-state index contributed by atoms with van der Waals surface area (Å²) < 4.78 is 0. The number of rotatable bonds is 1. The van der Waals surface area contributed by atoms with Crippen molar-refractivity contribution < 1.29 is 0 Å². The van der Waals surface area contributed by atoms with Crippen LogP contribution in [0.1, 0.15) is 39.0 Å². The average Bonchev–Trinajstić information content (AvgIpc) is 1.98. The highest BCUT2D eigenvalue weighted by atomic mass is 32.1. The lowest BCUT2D eigenvalue weighted by Crippen LogP contribution is -2.13. The van der Waals surface area contributed by atoms with Crippen LogP contribution in [-0.4, -0.2) is 6.56 Å². The lowest BCUT2D eigenvalue weighted by molar-refractivity contribution is 0.503. The molecular weight excluding hydrogens is 151 g/mol. The fraction of sp³-hybridized carbons (Fsp3) is 0.778. The summed E-state index contributed by atoms with van der Waals surface area (Å²) in [6.45, 7) is 4.31. The van der Waals surface area contributed by atoms with Crippen molar-refractivity contribution >= 4 is 19.0 Å². The van der Waals surface area contributed by atoms with E-state index in [9.17, 15) is 0 Å². The second kappa shape index (κ2) is 4.11. The van der Waals surface area contributed by atoms with Crippen molar-refractivity contribution in [3.63, 3.8) is 0 Å². The van der Waals surface area contributed by atoms with E-state index in [0.717, 1.165) is 12.8 Å². The van der Waals surface area contributed by atoms with E-state index < -0.39 is 0 Å². The van der Waals surface area contributed by atoms with Crippen LogP contribution in [-0.2, 0) is 0 Å². The Labute approximate surface area is 75.7 Å². The topological polar surface area (TPSA) is 0 Å². The largest absolute Gasteiger partial charge is 0.234 e. The third kappa shape index (κ3) is 2.83. The number of hydrogen-bond donors (Lipinski definition) is 1. The van der Waals surface area contributed by atoms with Crippen LogP contribution in [0.15, 0.2) is 0 Å². The van der Waals surface area contributed by atoms with Crippen LogP contribution in [0.4, 0.5) is 0 Å². The summed E-state index contributed by atoms with van der Waals surface area (Å²) in [5, 5.41) is 0.332. The smallest absolute Gasteiger partial charge is 0.193 e. The molecule has 0 heterocycles. The van der Waals surface area contributed by atoms with Gasteiger partial charge in [-0.1, -0.05) is 13.3 Å². The quantitative estimate of drug-likeness (QED) is 0.344. The van der Waals surface area contributed by atoms with Gasteiger partial charge < -0.3 is 0 Å². The molecule has 1 aliphatic carbocycles. The van der Waals surface area contributed by atoms with E-state index in [4.69, 9.17) is 0 Å². The van der Waals surface area contributed by atoms with Gasteiger partial charge >= 0.3 is 0 Å². The van der Waals surface area contributed by atoms with Gasteiger partial charge in [0.15, 0.2) is 6.56 Å². The highest BCUT2D eigenvalue weighted by Gasteiger charge is 2.22. The lowest BCUT2D eigenvalue weighted by Gasteiger charge is -2.26. The maximum absolute atomic E-state index is 4.26. The van der Waals surface area contributed by atoms with Crippen molar-refractivity contribution in [2.45, 2.75) is 44.3 Å². The molecule has 59 valence electrons. The van der Waals surface area contributed by atoms with Crippen molar-refractivity contribution in [1.82, 2.24) is 0 Å². The minimum absolute atomic E-state index is 0.332. The van der Waals surface area contributed by atoms with E-state index in [1.54, 1.807) is 0 Å². The summed E-state index contributed by atoms with van der Waals surface area (Å²) >= 11 is 4.26. The Balaban J connectivity index is 2.51. The van der Waals surface area contributed by atoms with Gasteiger partial charge in [-0.05, 0) is 18.2 Å². The SMILES string of the molecule is CC1([B]S)CCC#CCCC1. The third-order valence-corrected chi connectivity index (χ3v) is 2.93. The van der Waals surface area contributed by atoms with Crippen LogP contribution in [0.25, 0.3) is 0 Å². The van der Waals surface area contributed by atoms with Crippen molar-refractivity contribution in [1.29, 1.82) is 0 Å². The van der Waals surface area contributed by atoms with Gasteiger partial charge in [0.2, 0.25) is 0 Å². The number of hydrogen-bond acceptors (Lipinski definition) is 1. The minimum Gasteiger partial charge on any atom is -0.234 e. The molecule has 0 aromatic heterocycles. The van der Waals surface area contributed by atoms with Gasteiger partial charge in [-0.15, -0.1) is 11.8 Å². The summed E-state index contributed by atoms with van der Waals surface area (Å²) in [7, 11) is 0. The molecule has 1 radical (unpaired) electrons. The summed E-state index contributed by atoms with van der Waals surface area (Å²) in [4.78, 5) is 0. The zero-order chi connectivity index (χ0) is 8.16. The molecule has 0 aliphatic heterocycles. The Morgan fingerprint density at radius 3 is 2.73 bits per heavy atom. The molecule has 0 nitrogen and oxygen atoms in total. The normalized spacial score (nSPS) is 31.1. The van der Waals surface area contributed by atoms with Crippen LogP contribution in [0.3, 0.4) is 0 Å². The van der Waals surface area contributed by atoms with Crippen molar-refractivity contribution in [3.05, 3.63) is 0 Å². The predicted octanol–water partition coefficient (Wildman–Crippen LogP) is 2.68. The molecule has 0 aromatic rings. The zero-order valence-corrected chi connectivity index (χ0v) is 7.95. The van der Waals surface area contributed by atoms with Gasteiger partial charge in [-0.2, -0.15) is 0 Å². The van der Waals surface area contributed by atoms with Gasteiger partial charge in [0.05, 0.1) is 0 Å². The first-order valence-electron chi connectivity index (χ1n) is 4.21. The van der Waals surface area contributed by atoms with Crippen LogP contribution in [0.5, 0.6) is 0 Å². The summed E-state index contributed by atoms with van der Waals surface area (Å²) in [6.07, 6.45) is 5.74. The molecule has 1 rings (SSSR count). The Kier molecular flexibility index (Phi) is 3.39. The van der Waals surface area contributed by atoms with Crippen molar-refractivity contribution in [2.24, 2.45) is 0 Å². The molecule has 0 amide bonds. The van der Waals surface area contributed by atoms with E-state index in [-0.39, 0.29) is 0 Å². The van der Waals surface area contributed by atoms with Crippen LogP contribution < -0.4 is 0 Å². The Morgan fingerprint density at radius 1 is 1.27 bits per heavy atom. The Hall–Kier alpha value is -0.0251. The minimum atomic E-state index is 0.332. The second-order valence-electron chi connectivity index (χ2n) is 3.49. The first kappa shape index (κ1) is 9.07. The molecule has 1 aliphatic rings. The molecule has 0 bridgehead atoms. The average molecular weight is 165 g/mol. The zero-order valence-electron chi connectivity index (χ0n) is 7.06. The maximum Gasteiger partial charge on any atom is 0.193 e. The first-order valence-corrected chi connectivity index (χ1v) is 4.73. The highest BCUT2D eigenvalue weighted by Crippen LogP contribution is 2.37.